The maximum absolute atomic E-state index is 2.40. The number of pyridine rings is 2. The van der Waals surface area contributed by atoms with Gasteiger partial charge in [-0.15, -0.1) is 0 Å². The molecule has 2 heteroatoms. The lowest BCUT2D eigenvalue weighted by atomic mass is 9.98. The quantitative estimate of drug-likeness (QED) is 0.140. The zero-order valence-electron chi connectivity index (χ0n) is 29.8. The highest BCUT2D eigenvalue weighted by molar-refractivity contribution is 5.76. The van der Waals surface area contributed by atoms with Gasteiger partial charge in [-0.3, -0.25) is 0 Å². The Morgan fingerprint density at radius 3 is 0.611 bits per heavy atom. The molecule has 2 aromatic heterocycles. The minimum Gasteiger partial charge on any atom is -0.153 e. The fourth-order valence-corrected chi connectivity index (χ4v) is 7.38. The zero-order valence-corrected chi connectivity index (χ0v) is 29.8. The van der Waals surface area contributed by atoms with Crippen molar-refractivity contribution >= 4 is 0 Å². The van der Waals surface area contributed by atoms with Gasteiger partial charge >= 0.3 is 0 Å². The predicted octanol–water partition coefficient (Wildman–Crippen LogP) is 12.2. The Morgan fingerprint density at radius 2 is 0.389 bits per heavy atom. The van der Waals surface area contributed by atoms with Crippen molar-refractivity contribution in [3.63, 3.8) is 0 Å². The second kappa shape index (κ2) is 14.8. The number of benzene rings is 7. The molecule has 0 bridgehead atoms. The predicted molar refractivity (Wildman–Crippen MR) is 222 cm³/mol. The van der Waals surface area contributed by atoms with E-state index in [4.69, 9.17) is 0 Å². The molecule has 0 fully saturated rings. The molecule has 2 nitrogen and oxygen atoms in total. The van der Waals surface area contributed by atoms with Crippen molar-refractivity contribution in [2.24, 2.45) is 0 Å². The molecule has 9 rings (SSSR count). The van der Waals surface area contributed by atoms with Crippen LogP contribution >= 0.6 is 0 Å². The van der Waals surface area contributed by atoms with Gasteiger partial charge in [0, 0.05) is 70.8 Å². The lowest BCUT2D eigenvalue weighted by Gasteiger charge is -2.14. The number of hydrogen-bond donors (Lipinski definition) is 0. The van der Waals surface area contributed by atoms with Gasteiger partial charge in [0.2, 0.25) is 34.2 Å². The van der Waals surface area contributed by atoms with Crippen LogP contribution < -0.4 is 9.13 Å². The summed E-state index contributed by atoms with van der Waals surface area (Å²) < 4.78 is 4.81. The average molecular weight is 691 g/mol. The van der Waals surface area contributed by atoms with Crippen molar-refractivity contribution in [1.82, 2.24) is 0 Å². The van der Waals surface area contributed by atoms with Crippen LogP contribution in [0.15, 0.2) is 231 Å². The number of nitrogens with zero attached hydrogens (tertiary/aromatic N) is 2. The maximum Gasteiger partial charge on any atom is 0.219 e. The number of aromatic nitrogens is 2. The second-order valence-electron chi connectivity index (χ2n) is 13.4. The number of hydrogen-bond acceptors (Lipinski definition) is 0. The molecule has 0 N–H and O–H groups in total. The van der Waals surface area contributed by atoms with Crippen molar-refractivity contribution in [1.29, 1.82) is 0 Å². The molecule has 0 saturated heterocycles. The molecule has 9 aromatic rings. The third kappa shape index (κ3) is 6.53. The van der Waals surface area contributed by atoms with Crippen molar-refractivity contribution in [3.05, 3.63) is 231 Å². The molecule has 254 valence electrons. The Bertz CT molecular complexity index is 2330. The first-order chi connectivity index (χ1) is 26.8. The van der Waals surface area contributed by atoms with E-state index in [1.54, 1.807) is 0 Å². The molecule has 0 amide bonds. The standard InChI is InChI=1S/C52H38N2/c1-7-19-39(20-8-1)45-35-49(41-23-11-3-12-24-41)53(50(36-45)42-25-13-4-14-26-42)47-31-33-48(34-32-47)54-51(43-27-15-5-16-28-43)37-46(40-21-9-2-10-22-40)38-52(54)44-29-17-6-18-30-44/h1-38H/q+2. The smallest absolute Gasteiger partial charge is 0.153 e. The van der Waals surface area contributed by atoms with Crippen LogP contribution in [0.5, 0.6) is 0 Å². The van der Waals surface area contributed by atoms with Gasteiger partial charge in [-0.25, -0.2) is 0 Å². The normalized spacial score (nSPS) is 11.0. The third-order valence-corrected chi connectivity index (χ3v) is 9.99. The van der Waals surface area contributed by atoms with Crippen LogP contribution in [0.25, 0.3) is 78.7 Å². The third-order valence-electron chi connectivity index (χ3n) is 9.99. The van der Waals surface area contributed by atoms with E-state index < -0.39 is 0 Å². The average Bonchev–Trinajstić information content (AvgIpc) is 3.27. The molecule has 0 unspecified atom stereocenters. The fraction of sp³-hybridized carbons (Fsp3) is 0. The molecule has 2 heterocycles. The summed E-state index contributed by atoms with van der Waals surface area (Å²) in [7, 11) is 0. The van der Waals surface area contributed by atoms with Crippen LogP contribution in [0.4, 0.5) is 0 Å². The Morgan fingerprint density at radius 1 is 0.185 bits per heavy atom. The van der Waals surface area contributed by atoms with E-state index in [1.165, 1.54) is 22.3 Å². The fourth-order valence-electron chi connectivity index (χ4n) is 7.38. The van der Waals surface area contributed by atoms with E-state index in [2.05, 4.69) is 240 Å². The Kier molecular flexibility index (Phi) is 8.99. The summed E-state index contributed by atoms with van der Waals surface area (Å²) in [6, 6.07) is 82.5. The van der Waals surface area contributed by atoms with Gasteiger partial charge in [0.05, 0.1) is 0 Å². The molecule has 0 radical (unpaired) electrons. The minimum atomic E-state index is 1.08. The summed E-state index contributed by atoms with van der Waals surface area (Å²) in [4.78, 5) is 0. The molecule has 7 aromatic carbocycles. The first-order valence-corrected chi connectivity index (χ1v) is 18.4. The molecule has 0 aliphatic rings. The van der Waals surface area contributed by atoms with Gasteiger partial charge in [0.15, 0.2) is 0 Å². The van der Waals surface area contributed by atoms with Crippen LogP contribution in [0.1, 0.15) is 0 Å². The molecule has 54 heavy (non-hydrogen) atoms. The van der Waals surface area contributed by atoms with Crippen molar-refractivity contribution < 1.29 is 9.13 Å². The molecule has 0 aliphatic heterocycles. The van der Waals surface area contributed by atoms with Crippen molar-refractivity contribution in [2.45, 2.75) is 0 Å². The van der Waals surface area contributed by atoms with Crippen LogP contribution in [-0.2, 0) is 0 Å². The molecule has 0 aliphatic carbocycles. The first kappa shape index (κ1) is 32.7. The molecular weight excluding hydrogens is 653 g/mol. The van der Waals surface area contributed by atoms with E-state index >= 15 is 0 Å². The van der Waals surface area contributed by atoms with Gasteiger partial charge in [-0.2, -0.15) is 9.13 Å². The monoisotopic (exact) mass is 690 g/mol. The highest BCUT2D eigenvalue weighted by atomic mass is 15.0. The lowest BCUT2D eigenvalue weighted by Crippen LogP contribution is -2.38. The topological polar surface area (TPSA) is 7.76 Å². The summed E-state index contributed by atoms with van der Waals surface area (Å²) in [6.45, 7) is 0. The first-order valence-electron chi connectivity index (χ1n) is 18.4. The van der Waals surface area contributed by atoms with E-state index in [-0.39, 0.29) is 0 Å². The van der Waals surface area contributed by atoms with Gasteiger partial charge in [-0.05, 0) is 70.8 Å². The summed E-state index contributed by atoms with van der Waals surface area (Å²) in [5.74, 6) is 0. The van der Waals surface area contributed by atoms with E-state index in [9.17, 15) is 0 Å². The number of rotatable bonds is 8. The summed E-state index contributed by atoms with van der Waals surface area (Å²) in [5.41, 5.74) is 16.0. The van der Waals surface area contributed by atoms with Gasteiger partial charge in [0.1, 0.15) is 0 Å². The van der Waals surface area contributed by atoms with Crippen molar-refractivity contribution in [2.75, 3.05) is 0 Å². The van der Waals surface area contributed by atoms with Crippen LogP contribution in [0.2, 0.25) is 0 Å². The summed E-state index contributed by atoms with van der Waals surface area (Å²) in [5, 5.41) is 0. The SMILES string of the molecule is c1ccc(-c2cc(-c3ccccc3)[n+](-c3ccc(-[n+]4c(-c5ccccc5)cc(-c5ccccc5)cc4-c4ccccc4)cc3)c(-c3ccccc3)c2)cc1. The Balaban J connectivity index is 1.28. The van der Waals surface area contributed by atoms with E-state index in [0.717, 1.165) is 56.4 Å². The van der Waals surface area contributed by atoms with Gasteiger partial charge in [0.25, 0.3) is 0 Å². The van der Waals surface area contributed by atoms with Crippen LogP contribution in [0.3, 0.4) is 0 Å². The van der Waals surface area contributed by atoms with Crippen LogP contribution in [-0.4, -0.2) is 0 Å². The minimum absolute atomic E-state index is 1.08. The Hall–Kier alpha value is -7.16. The van der Waals surface area contributed by atoms with Crippen LogP contribution in [0, 0.1) is 0 Å². The van der Waals surface area contributed by atoms with Gasteiger partial charge < -0.3 is 0 Å². The van der Waals surface area contributed by atoms with Crippen molar-refractivity contribution in [3.8, 4) is 78.7 Å². The highest BCUT2D eigenvalue weighted by Gasteiger charge is 2.28. The van der Waals surface area contributed by atoms with E-state index in [1.807, 2.05) is 0 Å². The van der Waals surface area contributed by atoms with E-state index in [0.29, 0.717) is 0 Å². The zero-order chi connectivity index (χ0) is 36.1. The molecule has 0 spiro atoms. The maximum atomic E-state index is 2.40. The lowest BCUT2D eigenvalue weighted by molar-refractivity contribution is -0.576. The summed E-state index contributed by atoms with van der Waals surface area (Å²) in [6.07, 6.45) is 0. The largest absolute Gasteiger partial charge is 0.219 e. The molecule has 0 atom stereocenters. The second-order valence-corrected chi connectivity index (χ2v) is 13.4. The molecule has 0 saturated carbocycles. The Labute approximate surface area is 317 Å². The summed E-state index contributed by atoms with van der Waals surface area (Å²) >= 11 is 0. The highest BCUT2D eigenvalue weighted by Crippen LogP contribution is 2.33. The van der Waals surface area contributed by atoms with Gasteiger partial charge in [-0.1, -0.05) is 133 Å². The molecular formula is C52H38N2+2.